The zero-order valence-corrected chi connectivity index (χ0v) is 11.6. The van der Waals surface area contributed by atoms with E-state index in [1.807, 2.05) is 19.0 Å². The molecule has 6 heteroatoms. The maximum absolute atomic E-state index is 12.0. The molecule has 1 heterocycles. The molecule has 0 aromatic carbocycles. The number of nitrogens with zero attached hydrogens (tertiary/aromatic N) is 2. The molecule has 0 aliphatic rings. The molecule has 106 valence electrons. The molecular weight excluding hydrogens is 246 g/mol. The quantitative estimate of drug-likeness (QED) is 0.742. The van der Waals surface area contributed by atoms with E-state index in [0.29, 0.717) is 18.6 Å². The predicted molar refractivity (Wildman–Crippen MR) is 73.4 cm³/mol. The van der Waals surface area contributed by atoms with Crippen LogP contribution in [0.3, 0.4) is 0 Å². The zero-order valence-electron chi connectivity index (χ0n) is 11.6. The van der Waals surface area contributed by atoms with Gasteiger partial charge in [0.05, 0.1) is 18.2 Å². The SMILES string of the molecule is COCC(CCO)NC(=O)c1ccc(N(C)C)nc1. The first-order valence-electron chi connectivity index (χ1n) is 6.12. The molecule has 1 rings (SSSR count). The minimum absolute atomic E-state index is 0.00608. The lowest BCUT2D eigenvalue weighted by molar-refractivity contribution is 0.0878. The lowest BCUT2D eigenvalue weighted by Crippen LogP contribution is -2.38. The predicted octanol–water partition coefficient (Wildman–Crippen LogP) is 0.275. The molecule has 1 aromatic rings. The van der Waals surface area contributed by atoms with Gasteiger partial charge in [-0.3, -0.25) is 4.79 Å². The van der Waals surface area contributed by atoms with Crippen molar-refractivity contribution in [3.05, 3.63) is 23.9 Å². The third-order valence-corrected chi connectivity index (χ3v) is 2.65. The van der Waals surface area contributed by atoms with Gasteiger partial charge in [0.1, 0.15) is 5.82 Å². The summed E-state index contributed by atoms with van der Waals surface area (Å²) in [6, 6.07) is 3.31. The maximum Gasteiger partial charge on any atom is 0.253 e. The van der Waals surface area contributed by atoms with Crippen molar-refractivity contribution in [2.45, 2.75) is 12.5 Å². The first-order valence-corrected chi connectivity index (χ1v) is 6.12. The highest BCUT2D eigenvalue weighted by atomic mass is 16.5. The molecule has 1 aromatic heterocycles. The summed E-state index contributed by atoms with van der Waals surface area (Å²) in [5.41, 5.74) is 0.490. The Kier molecular flexibility index (Phi) is 6.24. The van der Waals surface area contributed by atoms with E-state index in [2.05, 4.69) is 10.3 Å². The second-order valence-electron chi connectivity index (χ2n) is 4.44. The van der Waals surface area contributed by atoms with Crippen LogP contribution >= 0.6 is 0 Å². The molecule has 6 nitrogen and oxygen atoms in total. The Balaban J connectivity index is 2.65. The fourth-order valence-electron chi connectivity index (χ4n) is 1.61. The topological polar surface area (TPSA) is 74.7 Å². The van der Waals surface area contributed by atoms with Gasteiger partial charge in [-0.05, 0) is 18.6 Å². The smallest absolute Gasteiger partial charge is 0.253 e. The van der Waals surface area contributed by atoms with Gasteiger partial charge in [-0.15, -0.1) is 0 Å². The van der Waals surface area contributed by atoms with Gasteiger partial charge >= 0.3 is 0 Å². The molecule has 0 saturated heterocycles. The molecule has 0 aliphatic carbocycles. The summed E-state index contributed by atoms with van der Waals surface area (Å²) in [4.78, 5) is 18.0. The van der Waals surface area contributed by atoms with Gasteiger partial charge < -0.3 is 20.1 Å². The number of pyridine rings is 1. The number of rotatable bonds is 7. The normalized spacial score (nSPS) is 12.0. The Bertz CT molecular complexity index is 387. The first kappa shape index (κ1) is 15.4. The highest BCUT2D eigenvalue weighted by molar-refractivity contribution is 5.94. The molecule has 1 unspecified atom stereocenters. The van der Waals surface area contributed by atoms with Crippen molar-refractivity contribution < 1.29 is 14.6 Å². The van der Waals surface area contributed by atoms with E-state index in [-0.39, 0.29) is 18.6 Å². The number of methoxy groups -OCH3 is 1. The highest BCUT2D eigenvalue weighted by Gasteiger charge is 2.13. The van der Waals surface area contributed by atoms with Gasteiger partial charge in [0, 0.05) is 34.0 Å². The fraction of sp³-hybridized carbons (Fsp3) is 0.538. The second-order valence-corrected chi connectivity index (χ2v) is 4.44. The van der Waals surface area contributed by atoms with E-state index >= 15 is 0 Å². The third kappa shape index (κ3) is 4.84. The van der Waals surface area contributed by atoms with Gasteiger partial charge in [-0.2, -0.15) is 0 Å². The van der Waals surface area contributed by atoms with Crippen molar-refractivity contribution in [1.29, 1.82) is 0 Å². The number of carbonyl (C=O) groups is 1. The Morgan fingerprint density at radius 2 is 2.26 bits per heavy atom. The number of aliphatic hydroxyl groups excluding tert-OH is 1. The van der Waals surface area contributed by atoms with E-state index in [9.17, 15) is 4.79 Å². The van der Waals surface area contributed by atoms with Gasteiger partial charge in [0.2, 0.25) is 0 Å². The number of hydrogen-bond donors (Lipinski definition) is 2. The van der Waals surface area contributed by atoms with Crippen LogP contribution in [0.2, 0.25) is 0 Å². The van der Waals surface area contributed by atoms with Gasteiger partial charge in [0.15, 0.2) is 0 Å². The Labute approximate surface area is 113 Å². The molecule has 0 radical (unpaired) electrons. The van der Waals surface area contributed by atoms with Crippen molar-refractivity contribution >= 4 is 11.7 Å². The van der Waals surface area contributed by atoms with Crippen LogP contribution in [0.15, 0.2) is 18.3 Å². The average molecular weight is 267 g/mol. The van der Waals surface area contributed by atoms with E-state index in [1.54, 1.807) is 19.2 Å². The summed E-state index contributed by atoms with van der Waals surface area (Å²) in [6.45, 7) is 0.377. The van der Waals surface area contributed by atoms with Crippen molar-refractivity contribution in [3.63, 3.8) is 0 Å². The fourth-order valence-corrected chi connectivity index (χ4v) is 1.61. The maximum atomic E-state index is 12.0. The Morgan fingerprint density at radius 1 is 1.53 bits per heavy atom. The molecular formula is C13H21N3O3. The van der Waals surface area contributed by atoms with E-state index in [4.69, 9.17) is 9.84 Å². The van der Waals surface area contributed by atoms with Crippen molar-refractivity contribution in [3.8, 4) is 0 Å². The van der Waals surface area contributed by atoms with Crippen LogP contribution in [0.4, 0.5) is 5.82 Å². The van der Waals surface area contributed by atoms with Gasteiger partial charge in [0.25, 0.3) is 5.91 Å². The largest absolute Gasteiger partial charge is 0.396 e. The van der Waals surface area contributed by atoms with Crippen LogP contribution in [0.1, 0.15) is 16.8 Å². The van der Waals surface area contributed by atoms with Crippen LogP contribution in [-0.4, -0.2) is 56.5 Å². The molecule has 19 heavy (non-hydrogen) atoms. The van der Waals surface area contributed by atoms with E-state index in [0.717, 1.165) is 5.82 Å². The highest BCUT2D eigenvalue weighted by Crippen LogP contribution is 2.08. The number of ether oxygens (including phenoxy) is 1. The van der Waals surface area contributed by atoms with E-state index < -0.39 is 0 Å². The van der Waals surface area contributed by atoms with Gasteiger partial charge in [-0.1, -0.05) is 0 Å². The minimum atomic E-state index is -0.215. The molecule has 1 amide bonds. The van der Waals surface area contributed by atoms with Crippen LogP contribution in [0, 0.1) is 0 Å². The van der Waals surface area contributed by atoms with Crippen LogP contribution in [0.5, 0.6) is 0 Å². The summed E-state index contributed by atoms with van der Waals surface area (Å²) in [5.74, 6) is 0.577. The average Bonchev–Trinajstić information content (AvgIpc) is 2.39. The summed E-state index contributed by atoms with van der Waals surface area (Å²) in [5, 5.41) is 11.7. The number of amides is 1. The molecule has 1 atom stereocenters. The van der Waals surface area contributed by atoms with Crippen molar-refractivity contribution in [2.24, 2.45) is 0 Å². The van der Waals surface area contributed by atoms with Crippen LogP contribution in [0.25, 0.3) is 0 Å². The number of carbonyl (C=O) groups excluding carboxylic acids is 1. The van der Waals surface area contributed by atoms with Crippen molar-refractivity contribution in [2.75, 3.05) is 39.3 Å². The number of anilines is 1. The lowest BCUT2D eigenvalue weighted by Gasteiger charge is -2.17. The summed E-state index contributed by atoms with van der Waals surface area (Å²) < 4.78 is 5.00. The number of aliphatic hydroxyl groups is 1. The van der Waals surface area contributed by atoms with Gasteiger partial charge in [-0.25, -0.2) is 4.98 Å². The molecule has 0 fully saturated rings. The monoisotopic (exact) mass is 267 g/mol. The van der Waals surface area contributed by atoms with Crippen LogP contribution in [-0.2, 0) is 4.74 Å². The molecule has 2 N–H and O–H groups in total. The molecule has 0 saturated carbocycles. The lowest BCUT2D eigenvalue weighted by atomic mass is 10.2. The van der Waals surface area contributed by atoms with E-state index in [1.165, 1.54) is 6.20 Å². The number of hydrogen-bond acceptors (Lipinski definition) is 5. The number of aromatic nitrogens is 1. The zero-order chi connectivity index (χ0) is 14.3. The summed E-state index contributed by atoms with van der Waals surface area (Å²) in [6.07, 6.45) is 2.00. The van der Waals surface area contributed by atoms with Crippen molar-refractivity contribution in [1.82, 2.24) is 10.3 Å². The molecule has 0 spiro atoms. The molecule has 0 aliphatic heterocycles. The minimum Gasteiger partial charge on any atom is -0.396 e. The number of nitrogens with one attached hydrogen (secondary N) is 1. The summed E-state index contributed by atoms with van der Waals surface area (Å²) in [7, 11) is 5.33. The Hall–Kier alpha value is -1.66. The first-order chi connectivity index (χ1) is 9.08. The van der Waals surface area contributed by atoms with Crippen LogP contribution < -0.4 is 10.2 Å². The third-order valence-electron chi connectivity index (χ3n) is 2.65. The standard InChI is InChI=1S/C13H21N3O3/c1-16(2)12-5-4-10(8-14-12)13(18)15-11(6-7-17)9-19-3/h4-5,8,11,17H,6-7,9H2,1-3H3,(H,15,18). The summed E-state index contributed by atoms with van der Waals surface area (Å²) >= 11 is 0. The second kappa shape index (κ2) is 7.70. The molecule has 0 bridgehead atoms. The Morgan fingerprint density at radius 3 is 2.74 bits per heavy atom.